The van der Waals surface area contributed by atoms with Gasteiger partial charge in [-0.2, -0.15) is 0 Å². The number of amides is 2. The van der Waals surface area contributed by atoms with Gasteiger partial charge in [0.1, 0.15) is 5.69 Å². The third-order valence-electron chi connectivity index (χ3n) is 4.40. The van der Waals surface area contributed by atoms with Gasteiger partial charge in [-0.25, -0.2) is 8.42 Å². The Morgan fingerprint density at radius 3 is 2.67 bits per heavy atom. The minimum Gasteiger partial charge on any atom is -0.349 e. The molecule has 2 fully saturated rings. The second-order valence-corrected chi connectivity index (χ2v) is 8.55. The molecule has 0 aromatic carbocycles. The minimum atomic E-state index is -3.07. The molecule has 3 rings (SSSR count). The first-order valence-electron chi connectivity index (χ1n) is 8.18. The highest BCUT2D eigenvalue weighted by Crippen LogP contribution is 2.21. The molecule has 7 nitrogen and oxygen atoms in total. The van der Waals surface area contributed by atoms with E-state index in [9.17, 15) is 18.0 Å². The lowest BCUT2D eigenvalue weighted by molar-refractivity contribution is 0.0702. The Balaban J connectivity index is 1.76. The summed E-state index contributed by atoms with van der Waals surface area (Å²) in [5.74, 6) is -0.436. The van der Waals surface area contributed by atoms with Gasteiger partial charge in [0, 0.05) is 30.4 Å². The maximum absolute atomic E-state index is 12.7. The molecule has 1 unspecified atom stereocenters. The SMILES string of the molecule is CCN(C(=O)c1cc(C(=O)NC2CC2)ccn1)C1CCS(=O)(=O)C1. The summed E-state index contributed by atoms with van der Waals surface area (Å²) in [6.45, 7) is 2.21. The first-order chi connectivity index (χ1) is 11.4. The zero-order valence-corrected chi connectivity index (χ0v) is 14.4. The highest BCUT2D eigenvalue weighted by molar-refractivity contribution is 7.91. The van der Waals surface area contributed by atoms with Crippen LogP contribution in [0.2, 0.25) is 0 Å². The molecule has 1 aromatic heterocycles. The second-order valence-electron chi connectivity index (χ2n) is 6.33. The summed E-state index contributed by atoms with van der Waals surface area (Å²) in [5, 5.41) is 2.87. The fourth-order valence-electron chi connectivity index (χ4n) is 2.92. The third kappa shape index (κ3) is 3.75. The molecule has 8 heteroatoms. The number of hydrogen-bond donors (Lipinski definition) is 1. The van der Waals surface area contributed by atoms with Gasteiger partial charge in [0.2, 0.25) is 0 Å². The van der Waals surface area contributed by atoms with E-state index in [0.29, 0.717) is 18.5 Å². The molecule has 0 bridgehead atoms. The number of nitrogens with one attached hydrogen (secondary N) is 1. The van der Waals surface area contributed by atoms with Crippen molar-refractivity contribution in [3.8, 4) is 0 Å². The van der Waals surface area contributed by atoms with Crippen LogP contribution in [0, 0.1) is 0 Å². The van der Waals surface area contributed by atoms with Gasteiger partial charge in [-0.1, -0.05) is 0 Å². The fraction of sp³-hybridized carbons (Fsp3) is 0.562. The van der Waals surface area contributed by atoms with Gasteiger partial charge < -0.3 is 10.2 Å². The molecular formula is C16H21N3O4S. The number of carbonyl (C=O) groups excluding carboxylic acids is 2. The summed E-state index contributed by atoms with van der Waals surface area (Å²) in [7, 11) is -3.07. The Morgan fingerprint density at radius 2 is 2.08 bits per heavy atom. The highest BCUT2D eigenvalue weighted by atomic mass is 32.2. The van der Waals surface area contributed by atoms with Crippen LogP contribution in [0.25, 0.3) is 0 Å². The molecule has 1 atom stereocenters. The Labute approximate surface area is 141 Å². The Kier molecular flexibility index (Phi) is 4.58. The van der Waals surface area contributed by atoms with Crippen molar-refractivity contribution in [1.82, 2.24) is 15.2 Å². The molecule has 1 N–H and O–H groups in total. The van der Waals surface area contributed by atoms with Crippen LogP contribution in [0.5, 0.6) is 0 Å². The predicted molar refractivity (Wildman–Crippen MR) is 88.5 cm³/mol. The van der Waals surface area contributed by atoms with Crippen molar-refractivity contribution in [2.24, 2.45) is 0 Å². The number of nitrogens with zero attached hydrogens (tertiary/aromatic N) is 2. The Hall–Kier alpha value is -1.96. The van der Waals surface area contributed by atoms with Crippen LogP contribution < -0.4 is 5.32 Å². The van der Waals surface area contributed by atoms with E-state index in [2.05, 4.69) is 10.3 Å². The highest BCUT2D eigenvalue weighted by Gasteiger charge is 2.34. The summed E-state index contributed by atoms with van der Waals surface area (Å²) in [6, 6.07) is 2.97. The third-order valence-corrected chi connectivity index (χ3v) is 6.15. The molecule has 130 valence electrons. The van der Waals surface area contributed by atoms with Crippen molar-refractivity contribution in [3.63, 3.8) is 0 Å². The Bertz CT molecular complexity index is 758. The summed E-state index contributed by atoms with van der Waals surface area (Å²) in [6.07, 6.45) is 3.86. The molecule has 1 aliphatic heterocycles. The first kappa shape index (κ1) is 16.9. The average Bonchev–Trinajstić information content (AvgIpc) is 3.30. The molecule has 1 aliphatic carbocycles. The number of hydrogen-bond acceptors (Lipinski definition) is 5. The van der Waals surface area contributed by atoms with Gasteiger partial charge in [-0.05, 0) is 38.3 Å². The maximum atomic E-state index is 12.7. The molecule has 1 saturated heterocycles. The Morgan fingerprint density at radius 1 is 1.33 bits per heavy atom. The van der Waals surface area contributed by atoms with Gasteiger partial charge in [0.05, 0.1) is 11.5 Å². The van der Waals surface area contributed by atoms with E-state index in [1.165, 1.54) is 17.2 Å². The standard InChI is InChI=1S/C16H21N3O4S/c1-2-19(13-6-8-24(22,23)10-13)16(21)14-9-11(5-7-17-14)15(20)18-12-3-4-12/h5,7,9,12-13H,2-4,6,8,10H2,1H3,(H,18,20). The molecule has 1 saturated carbocycles. The van der Waals surface area contributed by atoms with Crippen LogP contribution in [-0.4, -0.2) is 60.3 Å². The van der Waals surface area contributed by atoms with Crippen LogP contribution in [-0.2, 0) is 9.84 Å². The van der Waals surface area contributed by atoms with Gasteiger partial charge in [0.15, 0.2) is 9.84 Å². The topological polar surface area (TPSA) is 96.4 Å². The number of sulfone groups is 1. The summed E-state index contributed by atoms with van der Waals surface area (Å²) in [5.41, 5.74) is 0.569. The van der Waals surface area contributed by atoms with E-state index in [1.54, 1.807) is 6.07 Å². The van der Waals surface area contributed by atoms with Crippen LogP contribution in [0.4, 0.5) is 0 Å². The second kappa shape index (κ2) is 6.51. The van der Waals surface area contributed by atoms with Crippen molar-refractivity contribution >= 4 is 21.7 Å². The number of pyridine rings is 1. The largest absolute Gasteiger partial charge is 0.349 e. The van der Waals surface area contributed by atoms with Crippen LogP contribution >= 0.6 is 0 Å². The minimum absolute atomic E-state index is 0.00552. The van der Waals surface area contributed by atoms with Crippen LogP contribution in [0.1, 0.15) is 47.0 Å². The average molecular weight is 351 g/mol. The quantitative estimate of drug-likeness (QED) is 0.839. The monoisotopic (exact) mass is 351 g/mol. The molecule has 2 aliphatic rings. The number of aromatic nitrogens is 1. The van der Waals surface area contributed by atoms with E-state index < -0.39 is 9.84 Å². The van der Waals surface area contributed by atoms with E-state index in [1.807, 2.05) is 6.92 Å². The van der Waals surface area contributed by atoms with Crippen molar-refractivity contribution < 1.29 is 18.0 Å². The fourth-order valence-corrected chi connectivity index (χ4v) is 4.65. The zero-order chi connectivity index (χ0) is 17.3. The van der Waals surface area contributed by atoms with E-state index in [0.717, 1.165) is 12.8 Å². The van der Waals surface area contributed by atoms with Crippen molar-refractivity contribution in [2.75, 3.05) is 18.1 Å². The van der Waals surface area contributed by atoms with E-state index >= 15 is 0 Å². The molecule has 2 amide bonds. The molecule has 1 aromatic rings. The normalized spacial score (nSPS) is 22.1. The maximum Gasteiger partial charge on any atom is 0.272 e. The lowest BCUT2D eigenvalue weighted by Gasteiger charge is -2.26. The molecule has 0 spiro atoms. The number of carbonyl (C=O) groups is 2. The molecular weight excluding hydrogens is 330 g/mol. The molecule has 0 radical (unpaired) electrons. The van der Waals surface area contributed by atoms with Crippen molar-refractivity contribution in [2.45, 2.75) is 38.3 Å². The summed E-state index contributed by atoms with van der Waals surface area (Å²) >= 11 is 0. The predicted octanol–water partition coefficient (Wildman–Crippen LogP) is 0.623. The zero-order valence-electron chi connectivity index (χ0n) is 13.6. The molecule has 2 heterocycles. The van der Waals surface area contributed by atoms with Gasteiger partial charge in [-0.15, -0.1) is 0 Å². The van der Waals surface area contributed by atoms with Crippen molar-refractivity contribution in [1.29, 1.82) is 0 Å². The van der Waals surface area contributed by atoms with Gasteiger partial charge in [-0.3, -0.25) is 14.6 Å². The summed E-state index contributed by atoms with van der Waals surface area (Å²) < 4.78 is 23.3. The van der Waals surface area contributed by atoms with Crippen LogP contribution in [0.15, 0.2) is 18.3 Å². The molecule has 24 heavy (non-hydrogen) atoms. The van der Waals surface area contributed by atoms with E-state index in [-0.39, 0.29) is 41.1 Å². The van der Waals surface area contributed by atoms with E-state index in [4.69, 9.17) is 0 Å². The van der Waals surface area contributed by atoms with Gasteiger partial charge in [0.25, 0.3) is 11.8 Å². The summed E-state index contributed by atoms with van der Waals surface area (Å²) in [4.78, 5) is 30.4. The van der Waals surface area contributed by atoms with Crippen molar-refractivity contribution in [3.05, 3.63) is 29.6 Å². The lowest BCUT2D eigenvalue weighted by atomic mass is 10.1. The van der Waals surface area contributed by atoms with Crippen LogP contribution in [0.3, 0.4) is 0 Å². The first-order valence-corrected chi connectivity index (χ1v) is 10.00. The number of rotatable bonds is 5. The lowest BCUT2D eigenvalue weighted by Crippen LogP contribution is -2.41. The van der Waals surface area contributed by atoms with Gasteiger partial charge >= 0.3 is 0 Å². The smallest absolute Gasteiger partial charge is 0.272 e.